The summed E-state index contributed by atoms with van der Waals surface area (Å²) in [5, 5.41) is 6.01. The lowest BCUT2D eigenvalue weighted by molar-refractivity contribution is -0.159. The van der Waals surface area contributed by atoms with Gasteiger partial charge in [-0.2, -0.15) is 0 Å². The molecule has 0 rings (SSSR count). The van der Waals surface area contributed by atoms with E-state index in [4.69, 9.17) is 23.7 Å². The highest BCUT2D eigenvalue weighted by Crippen LogP contribution is 2.11. The fraction of sp³-hybridized carbons (Fsp3) is 0.846. The molecule has 0 saturated carbocycles. The van der Waals surface area contributed by atoms with Crippen molar-refractivity contribution in [1.82, 2.24) is 10.6 Å². The monoisotopic (exact) mass is 532 g/mol. The van der Waals surface area contributed by atoms with Gasteiger partial charge in [0.2, 0.25) is 0 Å². The maximum absolute atomic E-state index is 12.2. The molecule has 0 saturated heterocycles. The lowest BCUT2D eigenvalue weighted by atomic mass is 10.1. The molecule has 216 valence electrons. The Kier molecular flexibility index (Phi) is 17.4. The Morgan fingerprint density at radius 2 is 0.865 bits per heavy atom. The number of esters is 2. The highest BCUT2D eigenvalue weighted by Gasteiger charge is 2.26. The number of nitrogens with one attached hydrogen (secondary N) is 2. The molecule has 11 nitrogen and oxygen atoms in total. The summed E-state index contributed by atoms with van der Waals surface area (Å²) < 4.78 is 27.1. The van der Waals surface area contributed by atoms with Crippen molar-refractivity contribution in [3.63, 3.8) is 0 Å². The summed E-state index contributed by atoms with van der Waals surface area (Å²) in [6.07, 6.45) is 0.123. The van der Waals surface area contributed by atoms with Gasteiger partial charge < -0.3 is 34.3 Å². The zero-order valence-corrected chi connectivity index (χ0v) is 23.9. The highest BCUT2D eigenvalue weighted by molar-refractivity contribution is 5.85. The van der Waals surface area contributed by atoms with Gasteiger partial charge in [0.05, 0.1) is 39.6 Å². The number of carbonyl (C=O) groups is 4. The van der Waals surface area contributed by atoms with Gasteiger partial charge in [-0.1, -0.05) is 0 Å². The average Bonchev–Trinajstić information content (AvgIpc) is 2.72. The molecule has 0 aromatic heterocycles. The minimum Gasteiger partial charge on any atom is -0.459 e. The van der Waals surface area contributed by atoms with E-state index in [9.17, 15) is 19.2 Å². The number of ketones is 2. The van der Waals surface area contributed by atoms with Crippen molar-refractivity contribution in [3.05, 3.63) is 0 Å². The van der Waals surface area contributed by atoms with E-state index in [2.05, 4.69) is 10.6 Å². The second kappa shape index (κ2) is 18.4. The van der Waals surface area contributed by atoms with Crippen molar-refractivity contribution >= 4 is 23.5 Å². The van der Waals surface area contributed by atoms with Crippen LogP contribution >= 0.6 is 0 Å². The summed E-state index contributed by atoms with van der Waals surface area (Å²) in [7, 11) is 0. The van der Waals surface area contributed by atoms with Gasteiger partial charge in [-0.05, 0) is 55.4 Å². The lowest BCUT2D eigenvalue weighted by Crippen LogP contribution is -2.43. The van der Waals surface area contributed by atoms with Crippen molar-refractivity contribution < 1.29 is 42.9 Å². The molecule has 0 unspecified atom stereocenters. The first-order chi connectivity index (χ1) is 17.1. The molecule has 0 radical (unpaired) electrons. The van der Waals surface area contributed by atoms with Gasteiger partial charge in [-0.25, -0.2) is 0 Å². The predicted octanol–water partition coefficient (Wildman–Crippen LogP) is 1.59. The Labute approximate surface area is 221 Å². The number of hydrogen-bond donors (Lipinski definition) is 2. The fourth-order valence-corrected chi connectivity index (χ4v) is 2.95. The van der Waals surface area contributed by atoms with Gasteiger partial charge >= 0.3 is 11.9 Å². The van der Waals surface area contributed by atoms with Crippen LogP contribution in [-0.2, 0) is 42.9 Å². The molecule has 2 N–H and O–H groups in total. The van der Waals surface area contributed by atoms with E-state index >= 15 is 0 Å². The normalized spacial score (nSPS) is 13.6. The largest absolute Gasteiger partial charge is 0.459 e. The molecule has 0 aromatic rings. The topological polar surface area (TPSA) is 138 Å². The van der Waals surface area contributed by atoms with E-state index in [1.807, 2.05) is 0 Å². The van der Waals surface area contributed by atoms with E-state index in [1.54, 1.807) is 41.5 Å². The predicted molar refractivity (Wildman–Crippen MR) is 138 cm³/mol. The first-order valence-electron chi connectivity index (χ1n) is 12.8. The van der Waals surface area contributed by atoms with Crippen LogP contribution < -0.4 is 10.6 Å². The molecule has 0 aliphatic heterocycles. The first kappa shape index (κ1) is 35.1. The number of rotatable bonds is 20. The SMILES string of the molecule is CC(=O)C[C@H](NCCOCCOCCOCCN[C@@H](CC(C)=O)C(=O)OC(C)(C)C)C(=O)OC(C)(C)C. The number of hydrogen-bond acceptors (Lipinski definition) is 11. The van der Waals surface area contributed by atoms with Crippen LogP contribution in [0.2, 0.25) is 0 Å². The third-order valence-electron chi connectivity index (χ3n) is 4.38. The van der Waals surface area contributed by atoms with E-state index in [1.165, 1.54) is 13.8 Å². The Morgan fingerprint density at radius 3 is 1.14 bits per heavy atom. The third-order valence-corrected chi connectivity index (χ3v) is 4.38. The molecule has 0 aromatic carbocycles. The van der Waals surface area contributed by atoms with Gasteiger partial charge in [-0.15, -0.1) is 0 Å². The average molecular weight is 533 g/mol. The second-order valence-electron chi connectivity index (χ2n) is 10.7. The Morgan fingerprint density at radius 1 is 0.568 bits per heavy atom. The van der Waals surface area contributed by atoms with Crippen LogP contribution in [0.1, 0.15) is 68.2 Å². The molecule has 0 spiro atoms. The number of carbonyl (C=O) groups excluding carboxylic acids is 4. The maximum atomic E-state index is 12.2. The van der Waals surface area contributed by atoms with Gasteiger partial charge in [0, 0.05) is 25.9 Å². The quantitative estimate of drug-likeness (QED) is 0.175. The van der Waals surface area contributed by atoms with Crippen LogP contribution in [-0.4, -0.2) is 99.5 Å². The molecule has 0 aliphatic rings. The van der Waals surface area contributed by atoms with Crippen molar-refractivity contribution in [1.29, 1.82) is 0 Å². The summed E-state index contributed by atoms with van der Waals surface area (Å²) in [6, 6.07) is -1.41. The van der Waals surface area contributed by atoms with Gasteiger partial charge in [0.25, 0.3) is 0 Å². The molecular weight excluding hydrogens is 484 g/mol. The number of ether oxygens (including phenoxy) is 5. The van der Waals surface area contributed by atoms with Crippen LogP contribution in [0, 0.1) is 0 Å². The van der Waals surface area contributed by atoms with Crippen LogP contribution in [0.3, 0.4) is 0 Å². The standard InChI is InChI=1S/C26H48N2O9/c1-19(29)17-21(23(31)36-25(3,4)5)27-9-11-33-13-15-35-16-14-34-12-10-28-22(18-20(2)30)24(32)37-26(6,7)8/h21-22,27-28H,9-18H2,1-8H3/t21-,22-/m0/s1. The molecule has 0 heterocycles. The van der Waals surface area contributed by atoms with E-state index in [0.717, 1.165) is 0 Å². The zero-order chi connectivity index (χ0) is 28.5. The van der Waals surface area contributed by atoms with Gasteiger partial charge in [0.15, 0.2) is 0 Å². The molecule has 0 aliphatic carbocycles. The number of Topliss-reactive ketones (excluding diaryl/α,β-unsaturated/α-hetero) is 2. The summed E-state index contributed by atoms with van der Waals surface area (Å²) in [6.45, 7) is 16.5. The highest BCUT2D eigenvalue weighted by atomic mass is 16.6. The Balaban J connectivity index is 3.93. The van der Waals surface area contributed by atoms with Crippen LogP contribution in [0.5, 0.6) is 0 Å². The molecular formula is C26H48N2O9. The lowest BCUT2D eigenvalue weighted by Gasteiger charge is -2.24. The summed E-state index contributed by atoms with van der Waals surface area (Å²) in [5.74, 6) is -1.12. The molecule has 37 heavy (non-hydrogen) atoms. The smallest absolute Gasteiger partial charge is 0.324 e. The van der Waals surface area contributed by atoms with E-state index in [-0.39, 0.29) is 24.4 Å². The second-order valence-corrected chi connectivity index (χ2v) is 10.7. The first-order valence-corrected chi connectivity index (χ1v) is 12.8. The third kappa shape index (κ3) is 21.8. The summed E-state index contributed by atoms with van der Waals surface area (Å²) in [4.78, 5) is 47.4. The molecule has 2 atom stereocenters. The molecule has 0 amide bonds. The molecule has 11 heteroatoms. The van der Waals surface area contributed by atoms with E-state index in [0.29, 0.717) is 52.7 Å². The Hall–Kier alpha value is -1.92. The van der Waals surface area contributed by atoms with E-state index < -0.39 is 35.2 Å². The molecule has 0 bridgehead atoms. The van der Waals surface area contributed by atoms with Crippen molar-refractivity contribution in [2.24, 2.45) is 0 Å². The van der Waals surface area contributed by atoms with Crippen molar-refractivity contribution in [2.45, 2.75) is 91.5 Å². The minimum absolute atomic E-state index is 0.0614. The van der Waals surface area contributed by atoms with Crippen molar-refractivity contribution in [3.8, 4) is 0 Å². The fourth-order valence-electron chi connectivity index (χ4n) is 2.95. The maximum Gasteiger partial charge on any atom is 0.324 e. The summed E-state index contributed by atoms with van der Waals surface area (Å²) >= 11 is 0. The van der Waals surface area contributed by atoms with Crippen molar-refractivity contribution in [2.75, 3.05) is 52.7 Å². The van der Waals surface area contributed by atoms with Gasteiger partial charge in [0.1, 0.15) is 34.9 Å². The minimum atomic E-state index is -0.704. The zero-order valence-electron chi connectivity index (χ0n) is 23.9. The van der Waals surface area contributed by atoms with Crippen LogP contribution in [0.25, 0.3) is 0 Å². The van der Waals surface area contributed by atoms with Gasteiger partial charge in [-0.3, -0.25) is 19.2 Å². The van der Waals surface area contributed by atoms with Crippen LogP contribution in [0.4, 0.5) is 0 Å². The molecule has 0 fully saturated rings. The Bertz CT molecular complexity index is 641. The summed E-state index contributed by atoms with van der Waals surface area (Å²) in [5.41, 5.74) is -1.25. The van der Waals surface area contributed by atoms with Crippen LogP contribution in [0.15, 0.2) is 0 Å².